The first kappa shape index (κ1) is 23.2. The highest BCUT2D eigenvalue weighted by atomic mass is 32.1. The van der Waals surface area contributed by atoms with Gasteiger partial charge in [0.2, 0.25) is 5.95 Å². The van der Waals surface area contributed by atoms with Crippen LogP contribution in [0.2, 0.25) is 13.1 Å². The second-order valence-corrected chi connectivity index (χ2v) is 16.8. The van der Waals surface area contributed by atoms with Crippen molar-refractivity contribution in [1.29, 1.82) is 0 Å². The molecule has 0 saturated heterocycles. The number of fused-ring (bicyclic) bond motifs is 9. The van der Waals surface area contributed by atoms with Crippen LogP contribution in [0.3, 0.4) is 0 Å². The van der Waals surface area contributed by atoms with E-state index in [2.05, 4.69) is 133 Å². The minimum atomic E-state index is -2.01. The lowest BCUT2D eigenvalue weighted by Gasteiger charge is -2.21. The maximum Gasteiger partial charge on any atom is 0.235 e. The van der Waals surface area contributed by atoms with Gasteiger partial charge in [-0.1, -0.05) is 104 Å². The molecule has 0 atom stereocenters. The van der Waals surface area contributed by atoms with Crippen LogP contribution >= 0.6 is 11.3 Å². The predicted molar refractivity (Wildman–Crippen MR) is 177 cm³/mol. The first-order chi connectivity index (χ1) is 20.1. The Kier molecular flexibility index (Phi) is 4.65. The molecule has 0 bridgehead atoms. The summed E-state index contributed by atoms with van der Waals surface area (Å²) in [5, 5.41) is 7.85. The van der Waals surface area contributed by atoms with E-state index >= 15 is 0 Å². The third-order valence-electron chi connectivity index (χ3n) is 8.80. The van der Waals surface area contributed by atoms with Crippen LogP contribution < -0.4 is 10.4 Å². The predicted octanol–water partition coefficient (Wildman–Crippen LogP) is 8.41. The molecule has 1 aliphatic rings. The lowest BCUT2D eigenvalue weighted by atomic mass is 10.1. The number of hydrogen-bond donors (Lipinski definition) is 0. The van der Waals surface area contributed by atoms with Crippen molar-refractivity contribution in [3.05, 3.63) is 115 Å². The quantitative estimate of drug-likeness (QED) is 0.199. The van der Waals surface area contributed by atoms with Gasteiger partial charge >= 0.3 is 0 Å². The highest BCUT2D eigenvalue weighted by molar-refractivity contribution is 7.25. The van der Waals surface area contributed by atoms with Gasteiger partial charge in [0.1, 0.15) is 8.07 Å². The van der Waals surface area contributed by atoms with Crippen molar-refractivity contribution in [2.45, 2.75) is 13.1 Å². The minimum absolute atomic E-state index is 0.732. The Balaban J connectivity index is 1.43. The topological polar surface area (TPSA) is 30.7 Å². The van der Waals surface area contributed by atoms with Gasteiger partial charge in [0.05, 0.1) is 22.4 Å². The summed E-state index contributed by atoms with van der Waals surface area (Å²) in [6.45, 7) is 4.87. The first-order valence-corrected chi connectivity index (χ1v) is 17.8. The second-order valence-electron chi connectivity index (χ2n) is 11.4. The SMILES string of the molecule is C[Si]1(C)c2ccccc2-c2nc(-n3c4ccccc4c4cc5c(cc43)sc3ccccc35)nc(-c3ccccc3)c21. The number of thiophene rings is 1. The summed E-state index contributed by atoms with van der Waals surface area (Å²) in [6.07, 6.45) is 0. The van der Waals surface area contributed by atoms with Crippen LogP contribution in [0.1, 0.15) is 0 Å². The van der Waals surface area contributed by atoms with Gasteiger partial charge in [-0.3, -0.25) is 4.57 Å². The number of hydrogen-bond acceptors (Lipinski definition) is 3. The van der Waals surface area contributed by atoms with Gasteiger partial charge in [-0.2, -0.15) is 0 Å². The fourth-order valence-electron chi connectivity index (χ4n) is 6.91. The van der Waals surface area contributed by atoms with E-state index in [9.17, 15) is 0 Å². The Morgan fingerprint density at radius 1 is 0.585 bits per heavy atom. The Bertz CT molecular complexity index is 2350. The van der Waals surface area contributed by atoms with Crippen LogP contribution in [0, 0.1) is 0 Å². The Morgan fingerprint density at radius 2 is 1.29 bits per heavy atom. The van der Waals surface area contributed by atoms with Crippen molar-refractivity contribution in [3.8, 4) is 28.5 Å². The monoisotopic (exact) mass is 559 g/mol. The van der Waals surface area contributed by atoms with Gasteiger partial charge in [-0.15, -0.1) is 11.3 Å². The van der Waals surface area contributed by atoms with E-state index in [1.807, 2.05) is 11.3 Å². The molecule has 41 heavy (non-hydrogen) atoms. The fourth-order valence-corrected chi connectivity index (χ4v) is 11.3. The molecule has 0 spiro atoms. The number of aromatic nitrogens is 3. The molecule has 9 rings (SSSR count). The molecule has 0 aliphatic carbocycles. The van der Waals surface area contributed by atoms with E-state index in [4.69, 9.17) is 9.97 Å². The van der Waals surface area contributed by atoms with Crippen LogP contribution in [0.25, 0.3) is 70.4 Å². The molecule has 0 radical (unpaired) electrons. The van der Waals surface area contributed by atoms with E-state index in [1.165, 1.54) is 46.9 Å². The molecule has 3 nitrogen and oxygen atoms in total. The normalized spacial score (nSPS) is 13.8. The fraction of sp³-hybridized carbons (Fsp3) is 0.0556. The molecule has 0 N–H and O–H groups in total. The highest BCUT2D eigenvalue weighted by Crippen LogP contribution is 2.41. The summed E-state index contributed by atoms with van der Waals surface area (Å²) >= 11 is 1.85. The maximum absolute atomic E-state index is 5.45. The van der Waals surface area contributed by atoms with Crippen molar-refractivity contribution in [2.75, 3.05) is 0 Å². The van der Waals surface area contributed by atoms with Crippen LogP contribution in [0.15, 0.2) is 115 Å². The van der Waals surface area contributed by atoms with Gasteiger partial charge in [-0.25, -0.2) is 9.97 Å². The molecule has 0 amide bonds. The van der Waals surface area contributed by atoms with Crippen LogP contribution in [-0.2, 0) is 0 Å². The summed E-state index contributed by atoms with van der Waals surface area (Å²) in [4.78, 5) is 10.9. The van der Waals surface area contributed by atoms with E-state index in [1.54, 1.807) is 0 Å². The number of nitrogens with zero attached hydrogens (tertiary/aromatic N) is 3. The molecule has 0 saturated carbocycles. The van der Waals surface area contributed by atoms with Crippen LogP contribution in [0.4, 0.5) is 0 Å². The van der Waals surface area contributed by atoms with Gasteiger partial charge in [0, 0.05) is 36.5 Å². The molecule has 0 unspecified atom stereocenters. The minimum Gasteiger partial charge on any atom is -0.278 e. The summed E-state index contributed by atoms with van der Waals surface area (Å²) in [6, 6.07) is 41.6. The zero-order valence-corrected chi connectivity index (χ0v) is 24.5. The van der Waals surface area contributed by atoms with Crippen molar-refractivity contribution in [1.82, 2.24) is 14.5 Å². The average molecular weight is 560 g/mol. The standard InChI is InChI=1S/C36H25N3SSi/c1-41(2)32-19-11-8-16-25(32)34-35(41)33(22-12-4-3-5-13-22)37-36(38-34)39-28-17-9-6-14-23(28)26-20-27-24-15-7-10-18-30(24)40-31(27)21-29(26)39/h3-21H,1-2H3. The molecular weight excluding hydrogens is 535 g/mol. The summed E-state index contributed by atoms with van der Waals surface area (Å²) in [5.41, 5.74) is 6.83. The molecule has 4 heterocycles. The van der Waals surface area contributed by atoms with Crippen molar-refractivity contribution < 1.29 is 0 Å². The van der Waals surface area contributed by atoms with Gasteiger partial charge < -0.3 is 0 Å². The Morgan fingerprint density at radius 3 is 2.17 bits per heavy atom. The Labute approximate surface area is 242 Å². The first-order valence-electron chi connectivity index (χ1n) is 14.0. The van der Waals surface area contributed by atoms with E-state index in [0.29, 0.717) is 0 Å². The lowest BCUT2D eigenvalue weighted by Crippen LogP contribution is -2.50. The molecule has 1 aliphatic heterocycles. The number of para-hydroxylation sites is 1. The smallest absolute Gasteiger partial charge is 0.235 e. The average Bonchev–Trinajstić information content (AvgIpc) is 3.61. The van der Waals surface area contributed by atoms with E-state index in [-0.39, 0.29) is 0 Å². The highest BCUT2D eigenvalue weighted by Gasteiger charge is 2.41. The summed E-state index contributed by atoms with van der Waals surface area (Å²) in [5.74, 6) is 0.732. The van der Waals surface area contributed by atoms with Gasteiger partial charge in [-0.05, 0) is 40.2 Å². The van der Waals surface area contributed by atoms with Gasteiger partial charge in [0.15, 0.2) is 0 Å². The second kappa shape index (κ2) is 8.23. The molecular formula is C36H25N3SSi. The van der Waals surface area contributed by atoms with Gasteiger partial charge in [0.25, 0.3) is 0 Å². The molecule has 0 fully saturated rings. The number of rotatable bonds is 2. The van der Waals surface area contributed by atoms with Crippen LogP contribution in [0.5, 0.6) is 0 Å². The number of benzene rings is 5. The molecule has 194 valence electrons. The van der Waals surface area contributed by atoms with Crippen molar-refractivity contribution in [2.24, 2.45) is 0 Å². The van der Waals surface area contributed by atoms with E-state index < -0.39 is 8.07 Å². The molecule has 5 aromatic carbocycles. The van der Waals surface area contributed by atoms with E-state index in [0.717, 1.165) is 33.9 Å². The zero-order chi connectivity index (χ0) is 27.3. The third kappa shape index (κ3) is 3.13. The molecule has 3 aromatic heterocycles. The largest absolute Gasteiger partial charge is 0.278 e. The molecule has 5 heteroatoms. The lowest BCUT2D eigenvalue weighted by molar-refractivity contribution is 1.00. The summed E-state index contributed by atoms with van der Waals surface area (Å²) < 4.78 is 4.89. The van der Waals surface area contributed by atoms with Crippen molar-refractivity contribution >= 4 is 71.8 Å². The zero-order valence-electron chi connectivity index (χ0n) is 22.7. The molecule has 8 aromatic rings. The van der Waals surface area contributed by atoms with Crippen LogP contribution in [-0.4, -0.2) is 22.6 Å². The third-order valence-corrected chi connectivity index (χ3v) is 13.4. The summed E-state index contributed by atoms with van der Waals surface area (Å²) in [7, 11) is -2.01. The van der Waals surface area contributed by atoms with Crippen molar-refractivity contribution in [3.63, 3.8) is 0 Å². The Hall–Kier alpha value is -4.58. The maximum atomic E-state index is 5.45.